The molecular weight excluding hydrogens is 576 g/mol. The Morgan fingerprint density at radius 3 is 2.09 bits per heavy atom. The number of aromatic hydroxyl groups is 2. The van der Waals surface area contributed by atoms with E-state index in [9.17, 15) is 39.6 Å². The largest absolute Gasteiger partial charge is 0.507 e. The van der Waals surface area contributed by atoms with Gasteiger partial charge in [0, 0.05) is 6.08 Å². The van der Waals surface area contributed by atoms with E-state index in [-0.39, 0.29) is 61.2 Å². The molecule has 1 heterocycles. The number of carbonyl (C=O) groups excluding carboxylic acids is 2. The van der Waals surface area contributed by atoms with Gasteiger partial charge in [-0.3, -0.25) is 9.59 Å². The maximum absolute atomic E-state index is 13.7. The summed E-state index contributed by atoms with van der Waals surface area (Å²) in [4.78, 5) is 50.4. The van der Waals surface area contributed by atoms with E-state index in [0.717, 1.165) is 13.2 Å². The standard InChI is InChI=1S/C32H24O12/c1-41-29-24(21(35)13-20(34)18-6-4-5-7-19(18)33)17(12-23(36)37)10-15-8-14-9-16-11-22(31(39)43-3)44-32(40)26(16)28(38)25(14)30(42-2)27(15)29/h4-11,13,33-34,38H,12H2,1-3H3,(H,36,37). The Hall–Kier alpha value is -6.04. The van der Waals surface area contributed by atoms with Crippen LogP contribution in [-0.2, 0) is 16.0 Å². The summed E-state index contributed by atoms with van der Waals surface area (Å²) in [6, 6.07) is 11.5. The van der Waals surface area contributed by atoms with Crippen molar-refractivity contribution in [2.45, 2.75) is 6.42 Å². The number of aliphatic hydroxyl groups excluding tert-OH is 1. The maximum atomic E-state index is 13.7. The van der Waals surface area contributed by atoms with Crippen LogP contribution in [0.15, 0.2) is 63.8 Å². The number of rotatable bonds is 8. The third-order valence-electron chi connectivity index (χ3n) is 7.04. The molecule has 4 N–H and O–H groups in total. The lowest BCUT2D eigenvalue weighted by atomic mass is 9.90. The van der Waals surface area contributed by atoms with Crippen molar-refractivity contribution in [1.29, 1.82) is 0 Å². The maximum Gasteiger partial charge on any atom is 0.374 e. The van der Waals surface area contributed by atoms with E-state index < -0.39 is 41.3 Å². The molecule has 0 amide bonds. The zero-order valence-electron chi connectivity index (χ0n) is 23.5. The van der Waals surface area contributed by atoms with Gasteiger partial charge in [-0.15, -0.1) is 0 Å². The third-order valence-corrected chi connectivity index (χ3v) is 7.04. The van der Waals surface area contributed by atoms with Crippen LogP contribution in [0.1, 0.15) is 32.0 Å². The molecule has 12 heteroatoms. The number of methoxy groups -OCH3 is 3. The van der Waals surface area contributed by atoms with E-state index in [1.165, 1.54) is 50.6 Å². The minimum atomic E-state index is -1.26. The zero-order chi connectivity index (χ0) is 31.9. The number of carboxylic acid groups (broad SMARTS) is 1. The Bertz CT molecular complexity index is 2120. The second-order valence-corrected chi connectivity index (χ2v) is 9.61. The van der Waals surface area contributed by atoms with Gasteiger partial charge in [0.25, 0.3) is 0 Å². The highest BCUT2D eigenvalue weighted by molar-refractivity contribution is 6.20. The number of ketones is 1. The van der Waals surface area contributed by atoms with Crippen LogP contribution < -0.4 is 15.1 Å². The molecule has 0 aliphatic rings. The summed E-state index contributed by atoms with van der Waals surface area (Å²) in [5, 5.41) is 42.5. The van der Waals surface area contributed by atoms with Gasteiger partial charge in [0.2, 0.25) is 5.76 Å². The first-order valence-corrected chi connectivity index (χ1v) is 12.9. The van der Waals surface area contributed by atoms with Crippen molar-refractivity contribution in [3.05, 3.63) is 87.5 Å². The van der Waals surface area contributed by atoms with Gasteiger partial charge >= 0.3 is 17.6 Å². The van der Waals surface area contributed by atoms with Crippen LogP contribution >= 0.6 is 0 Å². The average Bonchev–Trinajstić information content (AvgIpc) is 2.98. The second kappa shape index (κ2) is 11.3. The van der Waals surface area contributed by atoms with Gasteiger partial charge in [0.1, 0.15) is 34.1 Å². The number of para-hydroxylation sites is 1. The summed E-state index contributed by atoms with van der Waals surface area (Å²) in [5.74, 6) is -4.94. The normalized spacial score (nSPS) is 11.6. The van der Waals surface area contributed by atoms with E-state index in [4.69, 9.17) is 13.9 Å². The minimum Gasteiger partial charge on any atom is -0.507 e. The predicted molar refractivity (Wildman–Crippen MR) is 158 cm³/mol. The molecule has 0 saturated heterocycles. The fraction of sp³-hybridized carbons (Fsp3) is 0.125. The van der Waals surface area contributed by atoms with Crippen LogP contribution in [0, 0.1) is 0 Å². The van der Waals surface area contributed by atoms with E-state index in [0.29, 0.717) is 10.8 Å². The number of aliphatic hydroxyl groups is 1. The van der Waals surface area contributed by atoms with E-state index >= 15 is 0 Å². The summed E-state index contributed by atoms with van der Waals surface area (Å²) < 4.78 is 21.0. The van der Waals surface area contributed by atoms with Crippen LogP contribution in [0.2, 0.25) is 0 Å². The Morgan fingerprint density at radius 1 is 0.841 bits per heavy atom. The number of phenols is 2. The van der Waals surface area contributed by atoms with Gasteiger partial charge in [-0.05, 0) is 58.1 Å². The second-order valence-electron chi connectivity index (χ2n) is 9.61. The number of benzene rings is 4. The molecular formula is C32H24O12. The molecule has 4 aromatic carbocycles. The molecule has 0 unspecified atom stereocenters. The molecule has 0 fully saturated rings. The van der Waals surface area contributed by atoms with Crippen molar-refractivity contribution in [3.63, 3.8) is 0 Å². The van der Waals surface area contributed by atoms with Crippen LogP contribution in [0.4, 0.5) is 0 Å². The SMILES string of the molecule is COC(=O)c1cc2cc3cc4cc(CC(=O)O)c(C(=O)C=C(O)c5ccccc5O)c(OC)c4c(OC)c3c(O)c2c(=O)o1. The first-order valence-electron chi connectivity index (χ1n) is 12.9. The van der Waals surface area contributed by atoms with E-state index in [1.54, 1.807) is 12.1 Å². The molecule has 224 valence electrons. The number of ether oxygens (including phenoxy) is 3. The minimum absolute atomic E-state index is 0.0185. The number of hydrogen-bond acceptors (Lipinski definition) is 11. The first kappa shape index (κ1) is 29.5. The molecule has 0 aliphatic heterocycles. The highest BCUT2D eigenvalue weighted by atomic mass is 16.5. The van der Waals surface area contributed by atoms with Crippen molar-refractivity contribution in [3.8, 4) is 23.0 Å². The lowest BCUT2D eigenvalue weighted by Gasteiger charge is -2.19. The molecule has 12 nitrogen and oxygen atoms in total. The molecule has 5 aromatic rings. The van der Waals surface area contributed by atoms with Crippen LogP contribution in [-0.4, -0.2) is 59.5 Å². The highest BCUT2D eigenvalue weighted by Crippen LogP contribution is 2.47. The molecule has 0 bridgehead atoms. The number of aliphatic carboxylic acids is 1. The van der Waals surface area contributed by atoms with Gasteiger partial charge in [-0.25, -0.2) is 9.59 Å². The van der Waals surface area contributed by atoms with Gasteiger partial charge in [-0.2, -0.15) is 0 Å². The van der Waals surface area contributed by atoms with Crippen LogP contribution in [0.25, 0.3) is 38.1 Å². The first-order chi connectivity index (χ1) is 21.0. The van der Waals surface area contributed by atoms with Crippen molar-refractivity contribution < 1.29 is 53.4 Å². The van der Waals surface area contributed by atoms with Gasteiger partial charge in [0.15, 0.2) is 5.78 Å². The van der Waals surface area contributed by atoms with Crippen molar-refractivity contribution in [2.24, 2.45) is 0 Å². The number of hydrogen-bond donors (Lipinski definition) is 4. The number of fused-ring (bicyclic) bond motifs is 3. The molecule has 5 rings (SSSR count). The monoisotopic (exact) mass is 600 g/mol. The van der Waals surface area contributed by atoms with Crippen LogP contribution in [0.5, 0.6) is 23.0 Å². The summed E-state index contributed by atoms with van der Waals surface area (Å²) in [6.07, 6.45) is 0.220. The summed E-state index contributed by atoms with van der Waals surface area (Å²) in [6.45, 7) is 0. The molecule has 44 heavy (non-hydrogen) atoms. The fourth-order valence-corrected chi connectivity index (χ4v) is 5.23. The summed E-state index contributed by atoms with van der Waals surface area (Å²) in [5.41, 5.74) is -1.23. The van der Waals surface area contributed by atoms with Crippen molar-refractivity contribution in [2.75, 3.05) is 21.3 Å². The fourth-order valence-electron chi connectivity index (χ4n) is 5.23. The van der Waals surface area contributed by atoms with Crippen LogP contribution in [0.3, 0.4) is 0 Å². The molecule has 0 saturated carbocycles. The van der Waals surface area contributed by atoms with Gasteiger partial charge < -0.3 is 39.1 Å². The Balaban J connectivity index is 1.87. The molecule has 0 atom stereocenters. The number of allylic oxidation sites excluding steroid dienone is 1. The average molecular weight is 601 g/mol. The quantitative estimate of drug-likeness (QED) is 0.0631. The lowest BCUT2D eigenvalue weighted by molar-refractivity contribution is -0.136. The topological polar surface area (TPSA) is 190 Å². The smallest absolute Gasteiger partial charge is 0.374 e. The van der Waals surface area contributed by atoms with Crippen molar-refractivity contribution in [1.82, 2.24) is 0 Å². The van der Waals surface area contributed by atoms with Gasteiger partial charge in [0.05, 0.1) is 49.6 Å². The third kappa shape index (κ3) is 4.87. The summed E-state index contributed by atoms with van der Waals surface area (Å²) >= 11 is 0. The van der Waals surface area contributed by atoms with E-state index in [1.807, 2.05) is 0 Å². The number of carboxylic acids is 1. The molecule has 0 aliphatic carbocycles. The Morgan fingerprint density at radius 2 is 1.48 bits per heavy atom. The lowest BCUT2D eigenvalue weighted by Crippen LogP contribution is -2.11. The Kier molecular flexibility index (Phi) is 7.58. The van der Waals surface area contributed by atoms with Gasteiger partial charge in [-0.1, -0.05) is 12.1 Å². The zero-order valence-corrected chi connectivity index (χ0v) is 23.5. The Labute approximate surface area is 247 Å². The van der Waals surface area contributed by atoms with E-state index in [2.05, 4.69) is 4.74 Å². The summed E-state index contributed by atoms with van der Waals surface area (Å²) in [7, 11) is 3.65. The van der Waals surface area contributed by atoms with Crippen molar-refractivity contribution >= 4 is 55.8 Å². The molecule has 0 spiro atoms. The molecule has 0 radical (unpaired) electrons. The number of carbonyl (C=O) groups is 3. The highest BCUT2D eigenvalue weighted by Gasteiger charge is 2.27. The predicted octanol–water partition coefficient (Wildman–Crippen LogP) is 4.72. The number of phenolic OH excluding ortho intramolecular Hbond substituents is 2. The molecule has 1 aromatic heterocycles. The number of esters is 1.